The Kier molecular flexibility index (Phi) is 5.72. The van der Waals surface area contributed by atoms with Crippen molar-refractivity contribution in [2.75, 3.05) is 0 Å². The Morgan fingerprint density at radius 2 is 1.92 bits per heavy atom. The minimum Gasteiger partial charge on any atom is -0.352 e. The first-order valence-electron chi connectivity index (χ1n) is 8.46. The number of hydrogen-bond donors (Lipinski definition) is 1. The Labute approximate surface area is 148 Å². The number of nitrogens with one attached hydrogen (secondary N) is 1. The number of aryl methyl sites for hydroxylation is 3. The van der Waals surface area contributed by atoms with Crippen molar-refractivity contribution < 1.29 is 9.59 Å². The molecule has 1 amide bonds. The van der Waals surface area contributed by atoms with Gasteiger partial charge in [-0.1, -0.05) is 0 Å². The number of ketones is 1. The van der Waals surface area contributed by atoms with Crippen molar-refractivity contribution in [1.82, 2.24) is 20.1 Å². The van der Waals surface area contributed by atoms with E-state index >= 15 is 0 Å². The maximum atomic E-state index is 12.3. The quantitative estimate of drug-likeness (QED) is 0.819. The second-order valence-corrected chi connectivity index (χ2v) is 6.63. The van der Waals surface area contributed by atoms with Crippen LogP contribution < -0.4 is 5.32 Å². The van der Waals surface area contributed by atoms with Crippen LogP contribution in [0.3, 0.4) is 0 Å². The van der Waals surface area contributed by atoms with Gasteiger partial charge in [-0.2, -0.15) is 5.10 Å². The molecule has 0 aromatic carbocycles. The number of aromatic nitrogens is 3. The number of rotatable bonds is 6. The summed E-state index contributed by atoms with van der Waals surface area (Å²) in [5.74, 6) is -0.0512. The minimum absolute atomic E-state index is 0.000229. The highest BCUT2D eigenvalue weighted by molar-refractivity contribution is 5.96. The van der Waals surface area contributed by atoms with Crippen LogP contribution >= 0.6 is 0 Å². The highest BCUT2D eigenvalue weighted by Gasteiger charge is 2.20. The first kappa shape index (κ1) is 18.8. The topological polar surface area (TPSA) is 76.9 Å². The monoisotopic (exact) mass is 342 g/mol. The molecule has 2 rings (SSSR count). The molecule has 0 aliphatic carbocycles. The molecule has 0 aliphatic rings. The number of carbonyl (C=O) groups excluding carboxylic acids is 2. The molecule has 1 atom stereocenters. The van der Waals surface area contributed by atoms with Crippen LogP contribution in [0.15, 0.2) is 12.3 Å². The van der Waals surface area contributed by atoms with E-state index in [1.165, 1.54) is 6.92 Å². The second-order valence-electron chi connectivity index (χ2n) is 6.63. The van der Waals surface area contributed by atoms with Crippen molar-refractivity contribution >= 4 is 11.7 Å². The molecule has 6 heteroatoms. The predicted molar refractivity (Wildman–Crippen MR) is 96.6 cm³/mol. The fourth-order valence-electron chi connectivity index (χ4n) is 3.13. The fourth-order valence-corrected chi connectivity index (χ4v) is 3.13. The van der Waals surface area contributed by atoms with Crippen molar-refractivity contribution in [2.45, 2.75) is 60.5 Å². The second kappa shape index (κ2) is 7.59. The van der Waals surface area contributed by atoms with Gasteiger partial charge in [0.15, 0.2) is 5.78 Å². The van der Waals surface area contributed by atoms with Gasteiger partial charge >= 0.3 is 0 Å². The molecular formula is C19H26N4O2. The summed E-state index contributed by atoms with van der Waals surface area (Å²) in [6.07, 6.45) is 2.10. The van der Waals surface area contributed by atoms with Crippen LogP contribution in [0, 0.1) is 27.7 Å². The van der Waals surface area contributed by atoms with Crippen molar-refractivity contribution in [1.29, 1.82) is 0 Å². The Morgan fingerprint density at radius 1 is 1.24 bits per heavy atom. The zero-order valence-electron chi connectivity index (χ0n) is 15.8. The van der Waals surface area contributed by atoms with Gasteiger partial charge in [-0.3, -0.25) is 19.3 Å². The Bertz CT molecular complexity index is 808. The predicted octanol–water partition coefficient (Wildman–Crippen LogP) is 2.98. The summed E-state index contributed by atoms with van der Waals surface area (Å²) in [7, 11) is 0. The molecule has 0 radical (unpaired) electrons. The van der Waals surface area contributed by atoms with Gasteiger partial charge in [0, 0.05) is 30.6 Å². The smallest absolute Gasteiger partial charge is 0.222 e. The third-order valence-electron chi connectivity index (χ3n) is 4.41. The normalized spacial score (nSPS) is 12.1. The molecule has 0 spiro atoms. The fraction of sp³-hybridized carbons (Fsp3) is 0.474. The van der Waals surface area contributed by atoms with Gasteiger partial charge in [0.1, 0.15) is 0 Å². The molecule has 2 heterocycles. The molecule has 1 N–H and O–H groups in total. The molecule has 0 aliphatic heterocycles. The van der Waals surface area contributed by atoms with Crippen LogP contribution in [0.1, 0.15) is 64.9 Å². The Hall–Kier alpha value is -2.50. The van der Waals surface area contributed by atoms with E-state index in [9.17, 15) is 9.59 Å². The largest absolute Gasteiger partial charge is 0.352 e. The third kappa shape index (κ3) is 4.32. The number of carbonyl (C=O) groups is 2. The lowest BCUT2D eigenvalue weighted by molar-refractivity contribution is -0.122. The van der Waals surface area contributed by atoms with E-state index in [0.717, 1.165) is 22.5 Å². The zero-order chi connectivity index (χ0) is 18.7. The Morgan fingerprint density at radius 3 is 2.48 bits per heavy atom. The van der Waals surface area contributed by atoms with E-state index in [1.807, 2.05) is 40.7 Å². The lowest BCUT2D eigenvalue weighted by Crippen LogP contribution is -2.26. The Balaban J connectivity index is 2.01. The number of amides is 1. The van der Waals surface area contributed by atoms with E-state index in [2.05, 4.69) is 15.4 Å². The summed E-state index contributed by atoms with van der Waals surface area (Å²) in [5, 5.41) is 7.37. The highest BCUT2D eigenvalue weighted by Crippen LogP contribution is 2.20. The van der Waals surface area contributed by atoms with Crippen LogP contribution in [0.2, 0.25) is 0 Å². The zero-order valence-corrected chi connectivity index (χ0v) is 15.8. The highest BCUT2D eigenvalue weighted by atomic mass is 16.1. The average Bonchev–Trinajstić information content (AvgIpc) is 2.81. The van der Waals surface area contributed by atoms with Gasteiger partial charge in [-0.05, 0) is 58.7 Å². The van der Waals surface area contributed by atoms with E-state index in [4.69, 9.17) is 0 Å². The molecular weight excluding hydrogens is 316 g/mol. The van der Waals surface area contributed by atoms with Gasteiger partial charge < -0.3 is 5.32 Å². The van der Waals surface area contributed by atoms with Crippen molar-refractivity contribution in [3.63, 3.8) is 0 Å². The van der Waals surface area contributed by atoms with E-state index in [1.54, 1.807) is 10.9 Å². The minimum atomic E-state index is -0.121. The molecule has 25 heavy (non-hydrogen) atoms. The van der Waals surface area contributed by atoms with Crippen LogP contribution in [0.5, 0.6) is 0 Å². The molecule has 134 valence electrons. The summed E-state index contributed by atoms with van der Waals surface area (Å²) in [5.41, 5.74) is 5.25. The summed E-state index contributed by atoms with van der Waals surface area (Å²) >= 11 is 0. The van der Waals surface area contributed by atoms with Crippen LogP contribution in [-0.4, -0.2) is 26.5 Å². The van der Waals surface area contributed by atoms with Gasteiger partial charge in [-0.15, -0.1) is 0 Å². The molecule has 1 unspecified atom stereocenters. The lowest BCUT2D eigenvalue weighted by Gasteiger charge is -2.15. The third-order valence-corrected chi connectivity index (χ3v) is 4.41. The van der Waals surface area contributed by atoms with Crippen LogP contribution in [-0.2, 0) is 11.3 Å². The standard InChI is InChI=1S/C19H26N4O2/c1-11-7-12(2)20-9-17(11)10-21-18(25)8-13(3)23-15(5)19(16(6)24)14(4)22-23/h7,9,13H,8,10H2,1-6H3,(H,21,25). The van der Waals surface area contributed by atoms with Gasteiger partial charge in [0.25, 0.3) is 0 Å². The van der Waals surface area contributed by atoms with Gasteiger partial charge in [-0.25, -0.2) is 0 Å². The van der Waals surface area contributed by atoms with Gasteiger partial charge in [0.05, 0.1) is 17.3 Å². The lowest BCUT2D eigenvalue weighted by atomic mass is 10.1. The maximum Gasteiger partial charge on any atom is 0.222 e. The number of nitrogens with zero attached hydrogens (tertiary/aromatic N) is 3. The summed E-state index contributed by atoms with van der Waals surface area (Å²) in [6, 6.07) is 1.88. The first-order chi connectivity index (χ1) is 11.7. The summed E-state index contributed by atoms with van der Waals surface area (Å²) in [6.45, 7) is 11.6. The molecule has 6 nitrogen and oxygen atoms in total. The van der Waals surface area contributed by atoms with Crippen LogP contribution in [0.4, 0.5) is 0 Å². The van der Waals surface area contributed by atoms with E-state index < -0.39 is 0 Å². The van der Waals surface area contributed by atoms with Crippen molar-refractivity contribution in [2.24, 2.45) is 0 Å². The molecule has 0 fully saturated rings. The van der Waals surface area contributed by atoms with Gasteiger partial charge in [0.2, 0.25) is 5.91 Å². The molecule has 0 saturated carbocycles. The van der Waals surface area contributed by atoms with Crippen LogP contribution in [0.25, 0.3) is 0 Å². The number of pyridine rings is 1. The number of hydrogen-bond acceptors (Lipinski definition) is 4. The molecule has 0 bridgehead atoms. The van der Waals surface area contributed by atoms with E-state index in [-0.39, 0.29) is 17.7 Å². The summed E-state index contributed by atoms with van der Waals surface area (Å²) < 4.78 is 1.77. The average molecular weight is 342 g/mol. The van der Waals surface area contributed by atoms with Crippen molar-refractivity contribution in [3.8, 4) is 0 Å². The molecule has 0 saturated heterocycles. The maximum absolute atomic E-state index is 12.3. The molecule has 2 aromatic rings. The summed E-state index contributed by atoms with van der Waals surface area (Å²) in [4.78, 5) is 28.3. The van der Waals surface area contributed by atoms with Crippen molar-refractivity contribution in [3.05, 3.63) is 46.0 Å². The first-order valence-corrected chi connectivity index (χ1v) is 8.46. The number of Topliss-reactive ketones (excluding diaryl/α,β-unsaturated/α-hetero) is 1. The SMILES string of the molecule is CC(=O)c1c(C)nn(C(C)CC(=O)NCc2cnc(C)cc2C)c1C. The van der Waals surface area contributed by atoms with E-state index in [0.29, 0.717) is 24.2 Å². The molecule has 2 aromatic heterocycles.